The van der Waals surface area contributed by atoms with Crippen molar-refractivity contribution in [2.45, 2.75) is 12.3 Å². The molecule has 3 nitrogen and oxygen atoms in total. The van der Waals surface area contributed by atoms with Crippen molar-refractivity contribution in [3.8, 4) is 0 Å². The Morgan fingerprint density at radius 1 is 1.39 bits per heavy atom. The van der Waals surface area contributed by atoms with Crippen LogP contribution in [-0.4, -0.2) is 26.6 Å². The number of nitrogens with zero attached hydrogens (tertiary/aromatic N) is 1. The molecular formula is C14H20IN3. The van der Waals surface area contributed by atoms with Crippen molar-refractivity contribution in [3.05, 3.63) is 35.4 Å². The molecule has 2 aliphatic rings. The minimum atomic E-state index is 0. The zero-order valence-electron chi connectivity index (χ0n) is 10.8. The second kappa shape index (κ2) is 5.47. The number of halogens is 1. The number of hydrogen-bond acceptors (Lipinski definition) is 1. The van der Waals surface area contributed by atoms with Crippen molar-refractivity contribution < 1.29 is 0 Å². The third kappa shape index (κ3) is 2.22. The van der Waals surface area contributed by atoms with Crippen LogP contribution in [0.15, 0.2) is 29.3 Å². The van der Waals surface area contributed by atoms with E-state index >= 15 is 0 Å². The number of aliphatic imine (C=N–C) groups is 1. The summed E-state index contributed by atoms with van der Waals surface area (Å²) in [6.07, 6.45) is 1.27. The summed E-state index contributed by atoms with van der Waals surface area (Å²) in [6, 6.07) is 8.89. The van der Waals surface area contributed by atoms with Gasteiger partial charge in [0.05, 0.1) is 0 Å². The number of benzene rings is 1. The summed E-state index contributed by atoms with van der Waals surface area (Å²) in [6.45, 7) is 1.04. The van der Waals surface area contributed by atoms with E-state index in [1.54, 1.807) is 11.1 Å². The SMILES string of the molecule is CN=C(NC)NCC1C2Cc3ccccc3C12.I. The molecule has 3 atom stereocenters. The number of nitrogens with one attached hydrogen (secondary N) is 2. The molecule has 1 aromatic rings. The smallest absolute Gasteiger partial charge is 0.190 e. The van der Waals surface area contributed by atoms with Crippen molar-refractivity contribution in [1.29, 1.82) is 0 Å². The predicted molar refractivity (Wildman–Crippen MR) is 85.7 cm³/mol. The maximum absolute atomic E-state index is 4.14. The first kappa shape index (κ1) is 13.6. The highest BCUT2D eigenvalue weighted by atomic mass is 127. The Kier molecular flexibility index (Phi) is 4.14. The topological polar surface area (TPSA) is 36.4 Å². The number of hydrogen-bond donors (Lipinski definition) is 2. The van der Waals surface area contributed by atoms with Crippen LogP contribution in [0.5, 0.6) is 0 Å². The van der Waals surface area contributed by atoms with Crippen molar-refractivity contribution in [2.24, 2.45) is 16.8 Å². The number of guanidine groups is 1. The normalized spacial score (nSPS) is 27.9. The Morgan fingerprint density at radius 2 is 2.17 bits per heavy atom. The zero-order valence-corrected chi connectivity index (χ0v) is 13.1. The van der Waals surface area contributed by atoms with E-state index in [4.69, 9.17) is 0 Å². The molecule has 1 fully saturated rings. The third-order valence-electron chi connectivity index (χ3n) is 4.17. The minimum absolute atomic E-state index is 0. The summed E-state index contributed by atoms with van der Waals surface area (Å²) >= 11 is 0. The first-order valence-electron chi connectivity index (χ1n) is 6.31. The fraction of sp³-hybridized carbons (Fsp3) is 0.500. The molecule has 1 saturated carbocycles. The lowest BCUT2D eigenvalue weighted by Crippen LogP contribution is -2.36. The van der Waals surface area contributed by atoms with Crippen LogP contribution in [0.3, 0.4) is 0 Å². The highest BCUT2D eigenvalue weighted by Crippen LogP contribution is 2.60. The fourth-order valence-electron chi connectivity index (χ4n) is 3.26. The van der Waals surface area contributed by atoms with Crippen LogP contribution in [0.2, 0.25) is 0 Å². The van der Waals surface area contributed by atoms with E-state index in [-0.39, 0.29) is 24.0 Å². The first-order valence-corrected chi connectivity index (χ1v) is 6.31. The molecule has 0 radical (unpaired) electrons. The van der Waals surface area contributed by atoms with Crippen molar-refractivity contribution in [3.63, 3.8) is 0 Å². The molecule has 18 heavy (non-hydrogen) atoms. The zero-order chi connectivity index (χ0) is 11.8. The number of rotatable bonds is 2. The molecule has 0 amide bonds. The van der Waals surface area contributed by atoms with Gasteiger partial charge in [0.25, 0.3) is 0 Å². The quantitative estimate of drug-likeness (QED) is 0.483. The number of fused-ring (bicyclic) bond motifs is 3. The van der Waals surface area contributed by atoms with Gasteiger partial charge < -0.3 is 10.6 Å². The Morgan fingerprint density at radius 3 is 2.89 bits per heavy atom. The van der Waals surface area contributed by atoms with Gasteiger partial charge >= 0.3 is 0 Å². The van der Waals surface area contributed by atoms with E-state index in [0.29, 0.717) is 0 Å². The van der Waals surface area contributed by atoms with Gasteiger partial charge in [-0.15, -0.1) is 24.0 Å². The Labute approximate surface area is 125 Å². The van der Waals surface area contributed by atoms with Gasteiger partial charge in [0.2, 0.25) is 0 Å². The summed E-state index contributed by atoms with van der Waals surface area (Å²) in [7, 11) is 3.71. The van der Waals surface area contributed by atoms with Gasteiger partial charge in [-0.2, -0.15) is 0 Å². The van der Waals surface area contributed by atoms with Gasteiger partial charge in [-0.1, -0.05) is 24.3 Å². The maximum atomic E-state index is 4.14. The van der Waals surface area contributed by atoms with Crippen LogP contribution in [-0.2, 0) is 6.42 Å². The van der Waals surface area contributed by atoms with Gasteiger partial charge in [-0.25, -0.2) is 0 Å². The van der Waals surface area contributed by atoms with Crippen molar-refractivity contribution in [1.82, 2.24) is 10.6 Å². The van der Waals surface area contributed by atoms with Crippen LogP contribution >= 0.6 is 24.0 Å². The molecular weight excluding hydrogens is 337 g/mol. The molecule has 0 aromatic heterocycles. The average molecular weight is 357 g/mol. The fourth-order valence-corrected chi connectivity index (χ4v) is 3.26. The third-order valence-corrected chi connectivity index (χ3v) is 4.17. The Bertz CT molecular complexity index is 458. The van der Waals surface area contributed by atoms with Gasteiger partial charge in [0.15, 0.2) is 5.96 Å². The highest BCUT2D eigenvalue weighted by Gasteiger charge is 2.54. The van der Waals surface area contributed by atoms with E-state index in [9.17, 15) is 0 Å². The Hall–Kier alpha value is -0.780. The van der Waals surface area contributed by atoms with E-state index in [1.165, 1.54) is 6.42 Å². The molecule has 0 aliphatic heterocycles. The lowest BCUT2D eigenvalue weighted by atomic mass is 10.0. The van der Waals surface area contributed by atoms with Gasteiger partial charge in [0, 0.05) is 20.6 Å². The molecule has 0 heterocycles. The summed E-state index contributed by atoms with van der Waals surface area (Å²) < 4.78 is 0. The average Bonchev–Trinajstić information content (AvgIpc) is 2.91. The van der Waals surface area contributed by atoms with Crippen LogP contribution < -0.4 is 10.6 Å². The standard InChI is InChI=1S/C14H19N3.HI/c1-15-14(16-2)17-8-12-11-7-9-5-3-4-6-10(9)13(11)12;/h3-6,11-13H,7-8H2,1-2H3,(H2,15,16,17);1H. The van der Waals surface area contributed by atoms with E-state index in [2.05, 4.69) is 39.9 Å². The maximum Gasteiger partial charge on any atom is 0.190 e. The lowest BCUT2D eigenvalue weighted by Gasteiger charge is -2.10. The van der Waals surface area contributed by atoms with Gasteiger partial charge in [-0.3, -0.25) is 4.99 Å². The predicted octanol–water partition coefficient (Wildman–Crippen LogP) is 1.99. The van der Waals surface area contributed by atoms with Crippen LogP contribution in [0.1, 0.15) is 17.0 Å². The van der Waals surface area contributed by atoms with Crippen LogP contribution in [0.25, 0.3) is 0 Å². The highest BCUT2D eigenvalue weighted by molar-refractivity contribution is 14.0. The molecule has 3 unspecified atom stereocenters. The first-order chi connectivity index (χ1) is 8.35. The summed E-state index contributed by atoms with van der Waals surface area (Å²) in [4.78, 5) is 4.14. The molecule has 1 aromatic carbocycles. The van der Waals surface area contributed by atoms with E-state index < -0.39 is 0 Å². The largest absolute Gasteiger partial charge is 0.359 e. The second-order valence-corrected chi connectivity index (χ2v) is 4.96. The van der Waals surface area contributed by atoms with Crippen LogP contribution in [0, 0.1) is 11.8 Å². The minimum Gasteiger partial charge on any atom is -0.359 e. The summed E-state index contributed by atoms with van der Waals surface area (Å²) in [5.74, 6) is 3.36. The molecule has 2 aliphatic carbocycles. The molecule has 98 valence electrons. The molecule has 0 saturated heterocycles. The molecule has 0 bridgehead atoms. The van der Waals surface area contributed by atoms with Crippen molar-refractivity contribution >= 4 is 29.9 Å². The summed E-state index contributed by atoms with van der Waals surface area (Å²) in [5, 5.41) is 6.44. The van der Waals surface area contributed by atoms with E-state index in [1.807, 2.05) is 14.1 Å². The molecule has 2 N–H and O–H groups in total. The van der Waals surface area contributed by atoms with Crippen LogP contribution in [0.4, 0.5) is 0 Å². The second-order valence-electron chi connectivity index (χ2n) is 4.96. The van der Waals surface area contributed by atoms with Gasteiger partial charge in [0.1, 0.15) is 0 Å². The molecule has 0 spiro atoms. The monoisotopic (exact) mass is 357 g/mol. The van der Waals surface area contributed by atoms with Gasteiger partial charge in [-0.05, 0) is 35.3 Å². The lowest BCUT2D eigenvalue weighted by molar-refractivity contribution is 0.658. The van der Waals surface area contributed by atoms with E-state index in [0.717, 1.165) is 30.3 Å². The summed E-state index contributed by atoms with van der Waals surface area (Å²) in [5.41, 5.74) is 3.15. The molecule has 4 heteroatoms. The van der Waals surface area contributed by atoms with Crippen molar-refractivity contribution in [2.75, 3.05) is 20.6 Å². The Balaban J connectivity index is 0.00000120. The molecule has 3 rings (SSSR count).